The Morgan fingerprint density at radius 1 is 0.947 bits per heavy atom. The minimum absolute atomic E-state index is 0.111. The first-order valence-electron chi connectivity index (χ1n) is 7.21. The SMILES string of the molecule is OC(CCCCCBr)CCCCc1ccc(Cl)cc1. The third-order valence-electron chi connectivity index (χ3n) is 3.34. The lowest BCUT2D eigenvalue weighted by atomic mass is 10.0. The molecule has 0 fully saturated rings. The van der Waals surface area contributed by atoms with Crippen LogP contribution in [-0.4, -0.2) is 16.5 Å². The molecule has 0 aromatic heterocycles. The van der Waals surface area contributed by atoms with Crippen molar-refractivity contribution in [2.75, 3.05) is 5.33 Å². The van der Waals surface area contributed by atoms with Crippen LogP contribution in [0.1, 0.15) is 50.5 Å². The Labute approximate surface area is 130 Å². The van der Waals surface area contributed by atoms with Gasteiger partial charge in [-0.05, 0) is 49.8 Å². The van der Waals surface area contributed by atoms with Crippen molar-refractivity contribution in [2.45, 2.75) is 57.5 Å². The number of alkyl halides is 1. The van der Waals surface area contributed by atoms with Gasteiger partial charge in [-0.1, -0.05) is 58.9 Å². The highest BCUT2D eigenvalue weighted by molar-refractivity contribution is 9.09. The molecular formula is C16H24BrClO. The topological polar surface area (TPSA) is 20.2 Å². The van der Waals surface area contributed by atoms with E-state index < -0.39 is 0 Å². The van der Waals surface area contributed by atoms with Crippen molar-refractivity contribution < 1.29 is 5.11 Å². The summed E-state index contributed by atoms with van der Waals surface area (Å²) in [6.07, 6.45) is 8.66. The van der Waals surface area contributed by atoms with Gasteiger partial charge < -0.3 is 5.11 Å². The zero-order valence-corrected chi connectivity index (χ0v) is 13.8. The molecule has 0 bridgehead atoms. The van der Waals surface area contributed by atoms with Gasteiger partial charge in [0, 0.05) is 10.4 Å². The van der Waals surface area contributed by atoms with Crippen molar-refractivity contribution in [1.82, 2.24) is 0 Å². The predicted molar refractivity (Wildman–Crippen MR) is 87.3 cm³/mol. The van der Waals surface area contributed by atoms with Crippen LogP contribution < -0.4 is 0 Å². The molecule has 3 heteroatoms. The van der Waals surface area contributed by atoms with E-state index in [1.54, 1.807) is 0 Å². The lowest BCUT2D eigenvalue weighted by Crippen LogP contribution is -2.06. The number of aryl methyl sites for hydroxylation is 1. The summed E-state index contributed by atoms with van der Waals surface area (Å²) in [5.74, 6) is 0. The number of hydrogen-bond acceptors (Lipinski definition) is 1. The van der Waals surface area contributed by atoms with Crippen LogP contribution >= 0.6 is 27.5 Å². The molecule has 0 radical (unpaired) electrons. The number of unbranched alkanes of at least 4 members (excludes halogenated alkanes) is 3. The average Bonchev–Trinajstić information content (AvgIpc) is 2.42. The zero-order chi connectivity index (χ0) is 13.9. The molecule has 0 saturated carbocycles. The van der Waals surface area contributed by atoms with Gasteiger partial charge in [0.15, 0.2) is 0 Å². The van der Waals surface area contributed by atoms with Gasteiger partial charge in [-0.15, -0.1) is 0 Å². The molecule has 0 spiro atoms. The quantitative estimate of drug-likeness (QED) is 0.445. The normalized spacial score (nSPS) is 12.6. The van der Waals surface area contributed by atoms with Gasteiger partial charge in [0.2, 0.25) is 0 Å². The Morgan fingerprint density at radius 3 is 2.21 bits per heavy atom. The van der Waals surface area contributed by atoms with Crippen LogP contribution in [-0.2, 0) is 6.42 Å². The third-order valence-corrected chi connectivity index (χ3v) is 4.15. The molecule has 0 amide bonds. The van der Waals surface area contributed by atoms with E-state index in [2.05, 4.69) is 28.1 Å². The van der Waals surface area contributed by atoms with Crippen LogP contribution in [0, 0.1) is 0 Å². The highest BCUT2D eigenvalue weighted by atomic mass is 79.9. The van der Waals surface area contributed by atoms with Crippen molar-refractivity contribution in [3.05, 3.63) is 34.9 Å². The van der Waals surface area contributed by atoms with Gasteiger partial charge in [0.1, 0.15) is 0 Å². The summed E-state index contributed by atoms with van der Waals surface area (Å²) < 4.78 is 0. The van der Waals surface area contributed by atoms with Crippen LogP contribution in [0.2, 0.25) is 5.02 Å². The Balaban J connectivity index is 2.02. The number of benzene rings is 1. The van der Waals surface area contributed by atoms with E-state index >= 15 is 0 Å². The molecule has 1 unspecified atom stereocenters. The zero-order valence-electron chi connectivity index (χ0n) is 11.5. The highest BCUT2D eigenvalue weighted by Crippen LogP contribution is 2.14. The van der Waals surface area contributed by atoms with Gasteiger partial charge in [0.05, 0.1) is 6.10 Å². The predicted octanol–water partition coefficient (Wildman–Crippen LogP) is 5.37. The number of halogens is 2. The molecule has 0 aliphatic rings. The maximum absolute atomic E-state index is 9.85. The summed E-state index contributed by atoms with van der Waals surface area (Å²) in [6.45, 7) is 0. The largest absolute Gasteiger partial charge is 0.393 e. The first-order chi connectivity index (χ1) is 9.22. The van der Waals surface area contributed by atoms with Gasteiger partial charge in [-0.2, -0.15) is 0 Å². The summed E-state index contributed by atoms with van der Waals surface area (Å²) in [4.78, 5) is 0. The second-order valence-corrected chi connectivity index (χ2v) is 6.29. The van der Waals surface area contributed by atoms with E-state index in [1.165, 1.54) is 18.4 Å². The lowest BCUT2D eigenvalue weighted by molar-refractivity contribution is 0.147. The van der Waals surface area contributed by atoms with Crippen LogP contribution in [0.3, 0.4) is 0 Å². The number of rotatable bonds is 10. The molecule has 0 saturated heterocycles. The lowest BCUT2D eigenvalue weighted by Gasteiger charge is -2.10. The Bertz CT molecular complexity index is 326. The molecule has 0 aliphatic heterocycles. The van der Waals surface area contributed by atoms with Gasteiger partial charge in [-0.25, -0.2) is 0 Å². The smallest absolute Gasteiger partial charge is 0.0540 e. The first-order valence-corrected chi connectivity index (χ1v) is 8.71. The first kappa shape index (κ1) is 17.0. The van der Waals surface area contributed by atoms with Crippen LogP contribution in [0.5, 0.6) is 0 Å². The van der Waals surface area contributed by atoms with Crippen LogP contribution in [0.25, 0.3) is 0 Å². The monoisotopic (exact) mass is 346 g/mol. The van der Waals surface area contributed by atoms with E-state index in [0.29, 0.717) is 0 Å². The summed E-state index contributed by atoms with van der Waals surface area (Å²) in [6, 6.07) is 8.04. The Hall–Kier alpha value is -0.0500. The van der Waals surface area contributed by atoms with Gasteiger partial charge in [0.25, 0.3) is 0 Å². The third kappa shape index (κ3) is 8.67. The highest BCUT2D eigenvalue weighted by Gasteiger charge is 2.03. The molecule has 1 aromatic rings. The van der Waals surface area contributed by atoms with Crippen LogP contribution in [0.4, 0.5) is 0 Å². The molecule has 1 rings (SSSR count). The molecule has 1 atom stereocenters. The van der Waals surface area contributed by atoms with Gasteiger partial charge >= 0.3 is 0 Å². The fraction of sp³-hybridized carbons (Fsp3) is 0.625. The minimum atomic E-state index is -0.111. The van der Waals surface area contributed by atoms with E-state index in [4.69, 9.17) is 11.6 Å². The average molecular weight is 348 g/mol. The van der Waals surface area contributed by atoms with Crippen molar-refractivity contribution >= 4 is 27.5 Å². The minimum Gasteiger partial charge on any atom is -0.393 e. The summed E-state index contributed by atoms with van der Waals surface area (Å²) >= 11 is 9.27. The molecule has 19 heavy (non-hydrogen) atoms. The Morgan fingerprint density at radius 2 is 1.58 bits per heavy atom. The summed E-state index contributed by atoms with van der Waals surface area (Å²) in [7, 11) is 0. The molecule has 1 N–H and O–H groups in total. The maximum Gasteiger partial charge on any atom is 0.0540 e. The van der Waals surface area contributed by atoms with Crippen molar-refractivity contribution in [1.29, 1.82) is 0 Å². The number of aliphatic hydroxyl groups excluding tert-OH is 1. The fourth-order valence-corrected chi connectivity index (χ4v) is 2.68. The Kier molecular flexibility index (Phi) is 9.58. The molecule has 1 nitrogen and oxygen atoms in total. The van der Waals surface area contributed by atoms with Crippen molar-refractivity contribution in [3.63, 3.8) is 0 Å². The van der Waals surface area contributed by atoms with Crippen molar-refractivity contribution in [2.24, 2.45) is 0 Å². The maximum atomic E-state index is 9.85. The van der Waals surface area contributed by atoms with Crippen molar-refractivity contribution in [3.8, 4) is 0 Å². The van der Waals surface area contributed by atoms with E-state index in [0.717, 1.165) is 48.9 Å². The second kappa shape index (κ2) is 10.7. The number of hydrogen-bond donors (Lipinski definition) is 1. The van der Waals surface area contributed by atoms with E-state index in [1.807, 2.05) is 12.1 Å². The van der Waals surface area contributed by atoms with E-state index in [9.17, 15) is 5.11 Å². The molecule has 0 aliphatic carbocycles. The summed E-state index contributed by atoms with van der Waals surface area (Å²) in [5, 5.41) is 11.7. The molecule has 0 heterocycles. The summed E-state index contributed by atoms with van der Waals surface area (Å²) in [5.41, 5.74) is 1.33. The second-order valence-electron chi connectivity index (χ2n) is 5.06. The molecule has 108 valence electrons. The fourth-order valence-electron chi connectivity index (χ4n) is 2.16. The molecule has 1 aromatic carbocycles. The van der Waals surface area contributed by atoms with Gasteiger partial charge in [-0.3, -0.25) is 0 Å². The molecular weight excluding hydrogens is 324 g/mol. The standard InChI is InChI=1S/C16H24BrClO/c17-13-5-1-2-7-16(19)8-4-3-6-14-9-11-15(18)12-10-14/h9-12,16,19H,1-8,13H2. The van der Waals surface area contributed by atoms with E-state index in [-0.39, 0.29) is 6.10 Å². The number of aliphatic hydroxyl groups is 1. The van der Waals surface area contributed by atoms with Crippen LogP contribution in [0.15, 0.2) is 24.3 Å².